The van der Waals surface area contributed by atoms with E-state index in [4.69, 9.17) is 5.73 Å². The zero-order valence-corrected chi connectivity index (χ0v) is 8.18. The summed E-state index contributed by atoms with van der Waals surface area (Å²) in [6, 6.07) is 0.0921. The molecule has 0 aromatic rings. The van der Waals surface area contributed by atoms with Gasteiger partial charge in [-0.1, -0.05) is 0 Å². The predicted octanol–water partition coefficient (Wildman–Crippen LogP) is -0.551. The van der Waals surface area contributed by atoms with Crippen LogP contribution in [0.25, 0.3) is 0 Å². The van der Waals surface area contributed by atoms with E-state index in [2.05, 4.69) is 10.6 Å². The Kier molecular flexibility index (Phi) is 4.18. The average Bonchev–Trinajstić information content (AvgIpc) is 2.19. The highest BCUT2D eigenvalue weighted by Gasteiger charge is 2.21. The van der Waals surface area contributed by atoms with E-state index >= 15 is 0 Å². The van der Waals surface area contributed by atoms with Crippen LogP contribution in [0, 0.1) is 5.92 Å². The van der Waals surface area contributed by atoms with Crippen molar-refractivity contribution in [1.82, 2.24) is 10.6 Å². The Morgan fingerprint density at radius 3 is 3.08 bits per heavy atom. The van der Waals surface area contributed by atoms with Crippen LogP contribution in [0.1, 0.15) is 19.8 Å². The van der Waals surface area contributed by atoms with Gasteiger partial charge in [0.05, 0.1) is 5.92 Å². The summed E-state index contributed by atoms with van der Waals surface area (Å²) in [6.07, 6.45) is 2.09. The number of rotatable bonds is 3. The van der Waals surface area contributed by atoms with E-state index in [1.54, 1.807) is 0 Å². The molecule has 1 aliphatic heterocycles. The zero-order valence-electron chi connectivity index (χ0n) is 8.18. The standard InChI is InChI=1S/C9H19N3O/c1-7(5-10)12-9(13)8-3-2-4-11-6-8/h7-8,11H,2-6,10H2,1H3,(H,12,13)/t7-,8+/m0/s1. The first-order valence-electron chi connectivity index (χ1n) is 4.95. The summed E-state index contributed by atoms with van der Waals surface area (Å²) in [5, 5.41) is 6.11. The van der Waals surface area contributed by atoms with Gasteiger partial charge in [-0.15, -0.1) is 0 Å². The maximum Gasteiger partial charge on any atom is 0.224 e. The van der Waals surface area contributed by atoms with E-state index in [9.17, 15) is 4.79 Å². The molecule has 0 saturated carbocycles. The van der Waals surface area contributed by atoms with E-state index in [0.717, 1.165) is 25.9 Å². The van der Waals surface area contributed by atoms with Crippen LogP contribution in [0.5, 0.6) is 0 Å². The lowest BCUT2D eigenvalue weighted by molar-refractivity contribution is -0.126. The van der Waals surface area contributed by atoms with Gasteiger partial charge in [0.15, 0.2) is 0 Å². The number of hydrogen-bond donors (Lipinski definition) is 3. The number of hydrogen-bond acceptors (Lipinski definition) is 3. The summed E-state index contributed by atoms with van der Waals surface area (Å²) in [7, 11) is 0. The first-order chi connectivity index (χ1) is 6.24. The van der Waals surface area contributed by atoms with Crippen molar-refractivity contribution in [2.24, 2.45) is 11.7 Å². The molecule has 1 amide bonds. The van der Waals surface area contributed by atoms with E-state index < -0.39 is 0 Å². The fourth-order valence-corrected chi connectivity index (χ4v) is 1.50. The third-order valence-corrected chi connectivity index (χ3v) is 2.41. The van der Waals surface area contributed by atoms with E-state index in [1.165, 1.54) is 0 Å². The highest BCUT2D eigenvalue weighted by atomic mass is 16.1. The monoisotopic (exact) mass is 185 g/mol. The van der Waals surface area contributed by atoms with E-state index in [1.807, 2.05) is 6.92 Å². The van der Waals surface area contributed by atoms with Crippen molar-refractivity contribution in [2.75, 3.05) is 19.6 Å². The minimum atomic E-state index is 0.0921. The van der Waals surface area contributed by atoms with Crippen LogP contribution >= 0.6 is 0 Å². The summed E-state index contributed by atoms with van der Waals surface area (Å²) in [5.74, 6) is 0.285. The minimum absolute atomic E-state index is 0.0921. The van der Waals surface area contributed by atoms with E-state index in [0.29, 0.717) is 6.54 Å². The molecule has 1 rings (SSSR count). The zero-order chi connectivity index (χ0) is 9.68. The first kappa shape index (κ1) is 10.5. The number of nitrogens with one attached hydrogen (secondary N) is 2. The third kappa shape index (κ3) is 3.32. The lowest BCUT2D eigenvalue weighted by Gasteiger charge is -2.23. The predicted molar refractivity (Wildman–Crippen MR) is 52.3 cm³/mol. The fraction of sp³-hybridized carbons (Fsp3) is 0.889. The molecule has 4 heteroatoms. The smallest absolute Gasteiger partial charge is 0.224 e. The van der Waals surface area contributed by atoms with Crippen LogP contribution in [0.2, 0.25) is 0 Å². The van der Waals surface area contributed by atoms with Crippen LogP contribution in [-0.4, -0.2) is 31.6 Å². The van der Waals surface area contributed by atoms with Gasteiger partial charge in [0.1, 0.15) is 0 Å². The Balaban J connectivity index is 2.29. The Labute approximate surface area is 79.3 Å². The summed E-state index contributed by atoms with van der Waals surface area (Å²) in [5.41, 5.74) is 5.42. The molecule has 0 aliphatic carbocycles. The summed E-state index contributed by atoms with van der Waals surface area (Å²) in [6.45, 7) is 4.28. The summed E-state index contributed by atoms with van der Waals surface area (Å²) < 4.78 is 0. The molecule has 0 aromatic heterocycles. The molecular weight excluding hydrogens is 166 g/mol. The van der Waals surface area contributed by atoms with Gasteiger partial charge in [-0.05, 0) is 26.3 Å². The molecule has 1 fully saturated rings. The normalized spacial score (nSPS) is 25.2. The summed E-state index contributed by atoms with van der Waals surface area (Å²) >= 11 is 0. The molecule has 4 N–H and O–H groups in total. The highest BCUT2D eigenvalue weighted by molar-refractivity contribution is 5.79. The SMILES string of the molecule is C[C@@H](CN)NC(=O)[C@@H]1CCCNC1. The first-order valence-corrected chi connectivity index (χ1v) is 4.95. The van der Waals surface area contributed by atoms with Crippen molar-refractivity contribution in [1.29, 1.82) is 0 Å². The lowest BCUT2D eigenvalue weighted by Crippen LogP contribution is -2.45. The topological polar surface area (TPSA) is 67.1 Å². The Bertz CT molecular complexity index is 166. The molecule has 13 heavy (non-hydrogen) atoms. The maximum absolute atomic E-state index is 11.6. The molecule has 1 heterocycles. The molecule has 4 nitrogen and oxygen atoms in total. The molecule has 1 aliphatic rings. The van der Waals surface area contributed by atoms with Crippen LogP contribution < -0.4 is 16.4 Å². The number of piperidine rings is 1. The largest absolute Gasteiger partial charge is 0.352 e. The van der Waals surface area contributed by atoms with Gasteiger partial charge in [-0.25, -0.2) is 0 Å². The van der Waals surface area contributed by atoms with Crippen molar-refractivity contribution >= 4 is 5.91 Å². The molecular formula is C9H19N3O. The molecule has 0 bridgehead atoms. The number of nitrogens with two attached hydrogens (primary N) is 1. The van der Waals surface area contributed by atoms with Gasteiger partial charge in [0, 0.05) is 19.1 Å². The van der Waals surface area contributed by atoms with Crippen molar-refractivity contribution in [3.63, 3.8) is 0 Å². The van der Waals surface area contributed by atoms with Crippen LogP contribution in [0.4, 0.5) is 0 Å². The molecule has 0 radical (unpaired) electrons. The molecule has 1 saturated heterocycles. The van der Waals surface area contributed by atoms with Gasteiger partial charge < -0.3 is 16.4 Å². The second kappa shape index (κ2) is 5.19. The quantitative estimate of drug-likeness (QED) is 0.552. The lowest BCUT2D eigenvalue weighted by atomic mass is 9.98. The number of amides is 1. The minimum Gasteiger partial charge on any atom is -0.352 e. The van der Waals surface area contributed by atoms with Crippen molar-refractivity contribution in [2.45, 2.75) is 25.8 Å². The number of carbonyl (C=O) groups is 1. The second-order valence-electron chi connectivity index (χ2n) is 3.69. The highest BCUT2D eigenvalue weighted by Crippen LogP contribution is 2.09. The summed E-state index contributed by atoms with van der Waals surface area (Å²) in [4.78, 5) is 11.6. The van der Waals surface area contributed by atoms with Gasteiger partial charge in [-0.3, -0.25) is 4.79 Å². The van der Waals surface area contributed by atoms with Crippen LogP contribution in [0.15, 0.2) is 0 Å². The fourth-order valence-electron chi connectivity index (χ4n) is 1.50. The Morgan fingerprint density at radius 1 is 1.77 bits per heavy atom. The molecule has 2 atom stereocenters. The molecule has 76 valence electrons. The molecule has 0 aromatic carbocycles. The maximum atomic E-state index is 11.6. The number of carbonyl (C=O) groups excluding carboxylic acids is 1. The van der Waals surface area contributed by atoms with E-state index in [-0.39, 0.29) is 17.9 Å². The van der Waals surface area contributed by atoms with Gasteiger partial charge in [0.25, 0.3) is 0 Å². The van der Waals surface area contributed by atoms with Crippen molar-refractivity contribution in [3.8, 4) is 0 Å². The van der Waals surface area contributed by atoms with Crippen LogP contribution in [-0.2, 0) is 4.79 Å². The second-order valence-corrected chi connectivity index (χ2v) is 3.69. The average molecular weight is 185 g/mol. The van der Waals surface area contributed by atoms with Crippen molar-refractivity contribution < 1.29 is 4.79 Å². The van der Waals surface area contributed by atoms with Gasteiger partial charge in [0.2, 0.25) is 5.91 Å². The van der Waals surface area contributed by atoms with Gasteiger partial charge >= 0.3 is 0 Å². The Hall–Kier alpha value is -0.610. The van der Waals surface area contributed by atoms with Crippen molar-refractivity contribution in [3.05, 3.63) is 0 Å². The Morgan fingerprint density at radius 2 is 2.54 bits per heavy atom. The van der Waals surface area contributed by atoms with Crippen LogP contribution in [0.3, 0.4) is 0 Å². The molecule has 0 spiro atoms. The van der Waals surface area contributed by atoms with Gasteiger partial charge in [-0.2, -0.15) is 0 Å². The third-order valence-electron chi connectivity index (χ3n) is 2.41. The molecule has 0 unspecified atom stereocenters.